The minimum Gasteiger partial charge on any atom is -0.299 e. The molecule has 8 heteroatoms. The molecule has 0 N–H and O–H groups in total. The molecule has 0 spiro atoms. The van der Waals surface area contributed by atoms with Crippen LogP contribution in [0.4, 0.5) is 8.78 Å². The van der Waals surface area contributed by atoms with Gasteiger partial charge in [0.05, 0.1) is 5.25 Å². The standard InChI is InChI=1S/C17H27F2N2O2PS/c1-11(2)17(14-7-6-13(18)8-15(14)19)10-21(12(3)4)9-16(17)25(22,23)20(5)24/h6-8,11-12,16H,9-10,24H2,1-5H3. The van der Waals surface area contributed by atoms with Crippen LogP contribution in [-0.4, -0.2) is 48.8 Å². The Kier molecular flexibility index (Phi) is 5.94. The molecule has 1 aromatic carbocycles. The lowest BCUT2D eigenvalue weighted by Crippen LogP contribution is -2.50. The van der Waals surface area contributed by atoms with Gasteiger partial charge in [-0.2, -0.15) is 4.08 Å². The van der Waals surface area contributed by atoms with Gasteiger partial charge in [-0.25, -0.2) is 17.2 Å². The van der Waals surface area contributed by atoms with Crippen molar-refractivity contribution in [3.8, 4) is 0 Å². The molecule has 1 aliphatic heterocycles. The number of nitrogens with zero attached hydrogens (tertiary/aromatic N) is 2. The van der Waals surface area contributed by atoms with Crippen LogP contribution in [0, 0.1) is 17.6 Å². The predicted molar refractivity (Wildman–Crippen MR) is 99.8 cm³/mol. The van der Waals surface area contributed by atoms with Crippen molar-refractivity contribution >= 4 is 19.4 Å². The summed E-state index contributed by atoms with van der Waals surface area (Å²) in [7, 11) is -0.0301. The van der Waals surface area contributed by atoms with E-state index < -0.39 is 32.3 Å². The van der Waals surface area contributed by atoms with Gasteiger partial charge >= 0.3 is 0 Å². The summed E-state index contributed by atoms with van der Waals surface area (Å²) >= 11 is 0. The molecular weight excluding hydrogens is 365 g/mol. The first-order chi connectivity index (χ1) is 11.4. The molecule has 3 unspecified atom stereocenters. The van der Waals surface area contributed by atoms with Crippen LogP contribution in [0.1, 0.15) is 33.3 Å². The summed E-state index contributed by atoms with van der Waals surface area (Å²) in [5, 5.41) is -0.815. The van der Waals surface area contributed by atoms with Gasteiger partial charge < -0.3 is 0 Å². The monoisotopic (exact) mass is 392 g/mol. The molecule has 3 atom stereocenters. The van der Waals surface area contributed by atoms with E-state index in [1.54, 1.807) is 0 Å². The van der Waals surface area contributed by atoms with Crippen molar-refractivity contribution in [2.24, 2.45) is 5.92 Å². The van der Waals surface area contributed by atoms with Crippen molar-refractivity contribution in [3.05, 3.63) is 35.4 Å². The molecule has 1 aliphatic rings. The highest BCUT2D eigenvalue weighted by Gasteiger charge is 2.57. The van der Waals surface area contributed by atoms with Gasteiger partial charge in [0.15, 0.2) is 0 Å². The Balaban J connectivity index is 2.74. The summed E-state index contributed by atoms with van der Waals surface area (Å²) in [6, 6.07) is 3.57. The molecule has 1 saturated heterocycles. The highest BCUT2D eigenvalue weighted by Crippen LogP contribution is 2.46. The van der Waals surface area contributed by atoms with Crippen molar-refractivity contribution in [1.29, 1.82) is 0 Å². The maximum Gasteiger partial charge on any atom is 0.221 e. The van der Waals surface area contributed by atoms with Gasteiger partial charge in [-0.3, -0.25) is 4.90 Å². The van der Waals surface area contributed by atoms with Crippen molar-refractivity contribution in [3.63, 3.8) is 0 Å². The average molecular weight is 392 g/mol. The number of benzene rings is 1. The third kappa shape index (κ3) is 3.48. The molecule has 1 heterocycles. The second kappa shape index (κ2) is 7.18. The first kappa shape index (κ1) is 20.7. The Morgan fingerprint density at radius 3 is 2.32 bits per heavy atom. The fraction of sp³-hybridized carbons (Fsp3) is 0.647. The minimum absolute atomic E-state index is 0.122. The number of hydrogen-bond acceptors (Lipinski definition) is 3. The van der Waals surface area contributed by atoms with E-state index in [0.717, 1.165) is 10.1 Å². The smallest absolute Gasteiger partial charge is 0.221 e. The highest BCUT2D eigenvalue weighted by atomic mass is 32.2. The molecule has 0 saturated carbocycles. The summed E-state index contributed by atoms with van der Waals surface area (Å²) in [6.07, 6.45) is 0. The maximum absolute atomic E-state index is 14.7. The SMILES string of the molecule is CC(C)N1CC(S(=O)(=O)N(C)P)C(c2ccc(F)cc2F)(C(C)C)C1. The van der Waals surface area contributed by atoms with E-state index in [1.807, 2.05) is 27.7 Å². The molecule has 4 nitrogen and oxygen atoms in total. The third-order valence-corrected chi connectivity index (χ3v) is 8.37. The largest absolute Gasteiger partial charge is 0.299 e. The third-order valence-electron chi connectivity index (χ3n) is 5.39. The summed E-state index contributed by atoms with van der Waals surface area (Å²) in [5.41, 5.74) is -0.682. The molecule has 1 fully saturated rings. The Bertz CT molecular complexity index is 740. The number of hydrogen-bond donors (Lipinski definition) is 0. The number of likely N-dealkylation sites (tertiary alicyclic amines) is 1. The molecule has 1 aromatic rings. The average Bonchev–Trinajstić information content (AvgIpc) is 2.89. The normalized spacial score (nSPS) is 25.5. The molecular formula is C17H27F2N2O2PS. The van der Waals surface area contributed by atoms with Gasteiger partial charge in [-0.1, -0.05) is 19.9 Å². The molecule has 142 valence electrons. The molecule has 0 amide bonds. The Labute approximate surface area is 151 Å². The van der Waals surface area contributed by atoms with Crippen LogP contribution in [0.2, 0.25) is 0 Å². The highest BCUT2D eigenvalue weighted by molar-refractivity contribution is 7.92. The van der Waals surface area contributed by atoms with E-state index in [4.69, 9.17) is 0 Å². The van der Waals surface area contributed by atoms with Gasteiger partial charge in [-0.05, 0) is 40.8 Å². The van der Waals surface area contributed by atoms with Gasteiger partial charge in [-0.15, -0.1) is 0 Å². The lowest BCUT2D eigenvalue weighted by molar-refractivity contribution is 0.229. The van der Waals surface area contributed by atoms with Crippen LogP contribution >= 0.6 is 9.39 Å². The van der Waals surface area contributed by atoms with Crippen LogP contribution in [-0.2, 0) is 15.4 Å². The van der Waals surface area contributed by atoms with Crippen LogP contribution in [0.15, 0.2) is 18.2 Å². The Morgan fingerprint density at radius 1 is 1.28 bits per heavy atom. The summed E-state index contributed by atoms with van der Waals surface area (Å²) < 4.78 is 55.4. The summed E-state index contributed by atoms with van der Waals surface area (Å²) in [4.78, 5) is 2.05. The first-order valence-electron chi connectivity index (χ1n) is 8.36. The molecule has 0 aliphatic carbocycles. The number of halogens is 2. The van der Waals surface area contributed by atoms with Crippen LogP contribution in [0.25, 0.3) is 0 Å². The van der Waals surface area contributed by atoms with E-state index in [-0.39, 0.29) is 17.5 Å². The van der Waals surface area contributed by atoms with Crippen LogP contribution in [0.5, 0.6) is 0 Å². The topological polar surface area (TPSA) is 40.6 Å². The van der Waals surface area contributed by atoms with E-state index in [2.05, 4.69) is 14.3 Å². The van der Waals surface area contributed by atoms with Gasteiger partial charge in [0, 0.05) is 37.7 Å². The predicted octanol–water partition coefficient (Wildman–Crippen LogP) is 3.00. The molecule has 0 bridgehead atoms. The molecule has 2 rings (SSSR count). The lowest BCUT2D eigenvalue weighted by Gasteiger charge is -2.40. The fourth-order valence-corrected chi connectivity index (χ4v) is 6.05. The van der Waals surface area contributed by atoms with Crippen molar-refractivity contribution in [2.75, 3.05) is 20.1 Å². The zero-order valence-electron chi connectivity index (χ0n) is 15.3. The summed E-state index contributed by atoms with van der Waals surface area (Å²) in [5.74, 6) is -1.51. The second-order valence-electron chi connectivity index (χ2n) is 7.39. The Hall–Kier alpha value is -0.620. The van der Waals surface area contributed by atoms with Crippen molar-refractivity contribution in [2.45, 2.75) is 44.4 Å². The van der Waals surface area contributed by atoms with E-state index >= 15 is 0 Å². The van der Waals surface area contributed by atoms with Crippen LogP contribution in [0.3, 0.4) is 0 Å². The van der Waals surface area contributed by atoms with E-state index in [0.29, 0.717) is 13.1 Å². The first-order valence-corrected chi connectivity index (χ1v) is 10.4. The van der Waals surface area contributed by atoms with E-state index in [1.165, 1.54) is 19.2 Å². The Morgan fingerprint density at radius 2 is 1.88 bits per heavy atom. The van der Waals surface area contributed by atoms with Gasteiger partial charge in [0.1, 0.15) is 11.6 Å². The maximum atomic E-state index is 14.7. The number of rotatable bonds is 5. The quantitative estimate of drug-likeness (QED) is 0.724. The number of sulfonamides is 1. The van der Waals surface area contributed by atoms with Crippen molar-refractivity contribution in [1.82, 2.24) is 8.98 Å². The second-order valence-corrected chi connectivity index (χ2v) is 10.7. The summed E-state index contributed by atoms with van der Waals surface area (Å²) in [6.45, 7) is 8.51. The molecule has 0 aromatic heterocycles. The zero-order chi connectivity index (χ0) is 19.2. The van der Waals surface area contributed by atoms with E-state index in [9.17, 15) is 17.2 Å². The molecule has 25 heavy (non-hydrogen) atoms. The fourth-order valence-electron chi connectivity index (χ4n) is 3.82. The van der Waals surface area contributed by atoms with Crippen molar-refractivity contribution < 1.29 is 17.2 Å². The minimum atomic E-state index is -3.68. The van der Waals surface area contributed by atoms with Gasteiger partial charge in [0.25, 0.3) is 0 Å². The van der Waals surface area contributed by atoms with Gasteiger partial charge in [0.2, 0.25) is 10.0 Å². The lowest BCUT2D eigenvalue weighted by atomic mass is 9.70. The van der Waals surface area contributed by atoms with Crippen LogP contribution < -0.4 is 0 Å². The zero-order valence-corrected chi connectivity index (χ0v) is 17.3. The molecule has 0 radical (unpaired) electrons.